The normalized spacial score (nSPS) is 17.3. The first kappa shape index (κ1) is 12.8. The molecule has 2 aromatic rings. The van der Waals surface area contributed by atoms with Crippen molar-refractivity contribution in [3.8, 4) is 17.0 Å². The summed E-state index contributed by atoms with van der Waals surface area (Å²) >= 11 is 9.20. The van der Waals surface area contributed by atoms with E-state index in [1.54, 1.807) is 6.07 Å². The van der Waals surface area contributed by atoms with Crippen LogP contribution in [0.1, 0.15) is 0 Å². The molecule has 1 aromatic heterocycles. The Labute approximate surface area is 123 Å². The molecule has 1 unspecified atom stereocenters. The maximum atomic E-state index is 5.75. The molecule has 0 bridgehead atoms. The van der Waals surface area contributed by atoms with E-state index in [-0.39, 0.29) is 6.10 Å². The predicted octanol–water partition coefficient (Wildman–Crippen LogP) is 3.34. The van der Waals surface area contributed by atoms with E-state index in [9.17, 15) is 0 Å². The Morgan fingerprint density at radius 3 is 2.84 bits per heavy atom. The summed E-state index contributed by atoms with van der Waals surface area (Å²) in [5, 5.41) is 8.30. The van der Waals surface area contributed by atoms with E-state index in [1.807, 2.05) is 24.3 Å². The average molecular weight is 342 g/mol. The van der Waals surface area contributed by atoms with Crippen molar-refractivity contribution in [3.63, 3.8) is 0 Å². The molecule has 1 fully saturated rings. The number of epoxide rings is 1. The number of halogens is 2. The molecule has 1 aromatic carbocycles. The van der Waals surface area contributed by atoms with Gasteiger partial charge in [-0.25, -0.2) is 0 Å². The number of benzene rings is 1. The fourth-order valence-corrected chi connectivity index (χ4v) is 2.10. The van der Waals surface area contributed by atoms with Gasteiger partial charge in [-0.1, -0.05) is 27.5 Å². The fourth-order valence-electron chi connectivity index (χ4n) is 1.63. The molecule has 0 aliphatic carbocycles. The van der Waals surface area contributed by atoms with E-state index in [0.717, 1.165) is 28.1 Å². The van der Waals surface area contributed by atoms with E-state index < -0.39 is 0 Å². The zero-order valence-electron chi connectivity index (χ0n) is 9.85. The van der Waals surface area contributed by atoms with E-state index >= 15 is 0 Å². The lowest BCUT2D eigenvalue weighted by atomic mass is 10.1. The summed E-state index contributed by atoms with van der Waals surface area (Å²) in [6.45, 7) is 1.32. The third-order valence-electron chi connectivity index (χ3n) is 2.68. The second-order valence-electron chi connectivity index (χ2n) is 4.15. The van der Waals surface area contributed by atoms with Gasteiger partial charge in [0.05, 0.1) is 12.3 Å². The Bertz CT molecular complexity index is 588. The van der Waals surface area contributed by atoms with Gasteiger partial charge in [0.2, 0.25) is 0 Å². The quantitative estimate of drug-likeness (QED) is 0.800. The molecule has 6 heteroatoms. The van der Waals surface area contributed by atoms with Crippen LogP contribution in [0.25, 0.3) is 11.3 Å². The second-order valence-corrected chi connectivity index (χ2v) is 5.45. The zero-order chi connectivity index (χ0) is 13.2. The number of hydrogen-bond donors (Lipinski definition) is 0. The minimum absolute atomic E-state index is 0.216. The Morgan fingerprint density at radius 2 is 2.16 bits per heavy atom. The molecule has 2 heterocycles. The van der Waals surface area contributed by atoms with Gasteiger partial charge in [-0.2, -0.15) is 0 Å². The van der Waals surface area contributed by atoms with Crippen LogP contribution in [-0.4, -0.2) is 29.5 Å². The Hall–Kier alpha value is -1.17. The van der Waals surface area contributed by atoms with E-state index in [1.165, 1.54) is 0 Å². The van der Waals surface area contributed by atoms with Crippen LogP contribution >= 0.6 is 27.5 Å². The van der Waals surface area contributed by atoms with Crippen LogP contribution in [-0.2, 0) is 4.74 Å². The standard InChI is InChI=1S/C13H10BrClN2O2/c14-8-1-3-12(19-7-9-6-18-9)10(5-8)11-2-4-13(15)17-16-11/h1-5,9H,6-7H2. The molecule has 0 saturated carbocycles. The van der Waals surface area contributed by atoms with Crippen LogP contribution < -0.4 is 4.74 Å². The van der Waals surface area contributed by atoms with Crippen molar-refractivity contribution in [1.29, 1.82) is 0 Å². The van der Waals surface area contributed by atoms with Gasteiger partial charge in [-0.05, 0) is 30.3 Å². The van der Waals surface area contributed by atoms with E-state index in [2.05, 4.69) is 26.1 Å². The fraction of sp³-hybridized carbons (Fsp3) is 0.231. The van der Waals surface area contributed by atoms with Crippen LogP contribution in [0.3, 0.4) is 0 Å². The lowest BCUT2D eigenvalue weighted by Gasteiger charge is -2.10. The lowest BCUT2D eigenvalue weighted by molar-refractivity contribution is 0.264. The van der Waals surface area contributed by atoms with Crippen molar-refractivity contribution in [2.45, 2.75) is 6.10 Å². The average Bonchev–Trinajstić information content (AvgIpc) is 3.22. The first-order chi connectivity index (χ1) is 9.22. The summed E-state index contributed by atoms with van der Waals surface area (Å²) < 4.78 is 11.8. The van der Waals surface area contributed by atoms with Crippen molar-refractivity contribution in [2.75, 3.05) is 13.2 Å². The zero-order valence-corrected chi connectivity index (χ0v) is 12.2. The summed E-state index contributed by atoms with van der Waals surface area (Å²) in [5.41, 5.74) is 1.59. The molecule has 3 rings (SSSR count). The van der Waals surface area contributed by atoms with Crippen LogP contribution in [0.15, 0.2) is 34.8 Å². The third-order valence-corrected chi connectivity index (χ3v) is 3.37. The third kappa shape index (κ3) is 3.23. The Morgan fingerprint density at radius 1 is 1.32 bits per heavy atom. The molecule has 4 nitrogen and oxygen atoms in total. The molecule has 98 valence electrons. The highest BCUT2D eigenvalue weighted by Gasteiger charge is 2.23. The van der Waals surface area contributed by atoms with Crippen molar-refractivity contribution in [3.05, 3.63) is 40.0 Å². The van der Waals surface area contributed by atoms with Gasteiger partial charge < -0.3 is 9.47 Å². The SMILES string of the molecule is Clc1ccc(-c2cc(Br)ccc2OCC2CO2)nn1. The summed E-state index contributed by atoms with van der Waals surface area (Å²) in [6, 6.07) is 9.30. The van der Waals surface area contributed by atoms with Gasteiger partial charge in [0, 0.05) is 10.0 Å². The van der Waals surface area contributed by atoms with Crippen LogP contribution in [0.2, 0.25) is 5.15 Å². The molecular weight excluding hydrogens is 332 g/mol. The number of hydrogen-bond acceptors (Lipinski definition) is 4. The van der Waals surface area contributed by atoms with Crippen molar-refractivity contribution < 1.29 is 9.47 Å². The molecule has 1 aliphatic heterocycles. The first-order valence-electron chi connectivity index (χ1n) is 5.76. The monoisotopic (exact) mass is 340 g/mol. The molecule has 0 N–H and O–H groups in total. The largest absolute Gasteiger partial charge is 0.490 e. The second kappa shape index (κ2) is 5.45. The summed E-state index contributed by atoms with van der Waals surface area (Å²) in [6.07, 6.45) is 0.216. The number of aromatic nitrogens is 2. The van der Waals surface area contributed by atoms with Crippen molar-refractivity contribution in [1.82, 2.24) is 10.2 Å². The molecule has 0 amide bonds. The van der Waals surface area contributed by atoms with Crippen molar-refractivity contribution in [2.24, 2.45) is 0 Å². The minimum atomic E-state index is 0.216. The molecule has 1 aliphatic rings. The summed E-state index contributed by atoms with van der Waals surface area (Å²) in [4.78, 5) is 0. The topological polar surface area (TPSA) is 47.5 Å². The van der Waals surface area contributed by atoms with E-state index in [0.29, 0.717) is 11.8 Å². The highest BCUT2D eigenvalue weighted by atomic mass is 79.9. The van der Waals surface area contributed by atoms with Gasteiger partial charge in [-0.3, -0.25) is 0 Å². The van der Waals surface area contributed by atoms with E-state index in [4.69, 9.17) is 21.1 Å². The lowest BCUT2D eigenvalue weighted by Crippen LogP contribution is -2.05. The van der Waals surface area contributed by atoms with Gasteiger partial charge in [0.15, 0.2) is 5.15 Å². The Kier molecular flexibility index (Phi) is 3.68. The molecule has 19 heavy (non-hydrogen) atoms. The van der Waals surface area contributed by atoms with Gasteiger partial charge in [0.1, 0.15) is 18.5 Å². The molecular formula is C13H10BrClN2O2. The van der Waals surface area contributed by atoms with Crippen LogP contribution in [0.5, 0.6) is 5.75 Å². The number of rotatable bonds is 4. The smallest absolute Gasteiger partial charge is 0.151 e. The van der Waals surface area contributed by atoms with Gasteiger partial charge in [-0.15, -0.1) is 10.2 Å². The predicted molar refractivity (Wildman–Crippen MR) is 75.4 cm³/mol. The highest BCUT2D eigenvalue weighted by Crippen LogP contribution is 2.32. The van der Waals surface area contributed by atoms with Crippen LogP contribution in [0, 0.1) is 0 Å². The summed E-state index contributed by atoms with van der Waals surface area (Å²) in [5.74, 6) is 0.760. The minimum Gasteiger partial charge on any atom is -0.490 e. The first-order valence-corrected chi connectivity index (χ1v) is 6.93. The maximum absolute atomic E-state index is 5.75. The van der Waals surface area contributed by atoms with Gasteiger partial charge in [0.25, 0.3) is 0 Å². The number of ether oxygens (including phenoxy) is 2. The maximum Gasteiger partial charge on any atom is 0.151 e. The molecule has 0 radical (unpaired) electrons. The summed E-state index contributed by atoms with van der Waals surface area (Å²) in [7, 11) is 0. The number of nitrogens with zero attached hydrogens (tertiary/aromatic N) is 2. The van der Waals surface area contributed by atoms with Crippen LogP contribution in [0.4, 0.5) is 0 Å². The molecule has 0 spiro atoms. The Balaban J connectivity index is 1.92. The highest BCUT2D eigenvalue weighted by molar-refractivity contribution is 9.10. The molecule has 1 atom stereocenters. The van der Waals surface area contributed by atoms with Gasteiger partial charge >= 0.3 is 0 Å². The van der Waals surface area contributed by atoms with Crippen molar-refractivity contribution >= 4 is 27.5 Å². The molecule has 1 saturated heterocycles.